The molecule has 0 N–H and O–H groups in total. The van der Waals surface area contributed by atoms with E-state index in [0.29, 0.717) is 0 Å². The van der Waals surface area contributed by atoms with Gasteiger partial charge in [-0.05, 0) is 19.8 Å². The maximum Gasteiger partial charge on any atom is -0.0316 e. The first-order chi connectivity index (χ1) is 11.9. The topological polar surface area (TPSA) is 0 Å². The molecule has 143 valence electrons. The van der Waals surface area contributed by atoms with Crippen molar-refractivity contribution in [3.63, 3.8) is 0 Å². The molecule has 0 bridgehead atoms. The summed E-state index contributed by atoms with van der Waals surface area (Å²) in [5.74, 6) is 0. The maximum absolute atomic E-state index is 3.72. The van der Waals surface area contributed by atoms with E-state index >= 15 is 0 Å². The lowest BCUT2D eigenvalue weighted by Gasteiger charge is -2.03. The quantitative estimate of drug-likeness (QED) is 0.194. The molecule has 0 heteroatoms. The molecule has 24 heavy (non-hydrogen) atoms. The van der Waals surface area contributed by atoms with Gasteiger partial charge >= 0.3 is 0 Å². The Morgan fingerprint density at radius 1 is 0.458 bits per heavy atom. The Morgan fingerprint density at radius 2 is 0.750 bits per heavy atom. The fourth-order valence-electron chi connectivity index (χ4n) is 3.46. The number of hydrogen-bond donors (Lipinski definition) is 0. The molecule has 0 rings (SSSR count). The maximum atomic E-state index is 3.72. The minimum absolute atomic E-state index is 1.22. The summed E-state index contributed by atoms with van der Waals surface area (Å²) in [5, 5.41) is 0. The molecule has 0 aromatic rings. The van der Waals surface area contributed by atoms with Gasteiger partial charge in [0.05, 0.1) is 0 Å². The molecule has 1 radical (unpaired) electrons. The predicted octanol–water partition coefficient (Wildman–Crippen LogP) is 9.20. The van der Waals surface area contributed by atoms with Crippen molar-refractivity contribution >= 4 is 0 Å². The Kier molecular flexibility index (Phi) is 22.5. The van der Waals surface area contributed by atoms with Crippen LogP contribution in [0.15, 0.2) is 12.2 Å². The summed E-state index contributed by atoms with van der Waals surface area (Å²) in [5.41, 5.74) is 0. The van der Waals surface area contributed by atoms with Crippen molar-refractivity contribution in [3.8, 4) is 0 Å². The van der Waals surface area contributed by atoms with E-state index in [-0.39, 0.29) is 0 Å². The molecule has 0 saturated heterocycles. The van der Waals surface area contributed by atoms with Crippen LogP contribution in [0.4, 0.5) is 0 Å². The van der Waals surface area contributed by atoms with Crippen LogP contribution >= 0.6 is 0 Å². The Balaban J connectivity index is 2.95. The number of rotatable bonds is 20. The van der Waals surface area contributed by atoms with Gasteiger partial charge in [-0.1, -0.05) is 135 Å². The Morgan fingerprint density at radius 3 is 1.04 bits per heavy atom. The van der Waals surface area contributed by atoms with Crippen molar-refractivity contribution in [1.82, 2.24) is 0 Å². The van der Waals surface area contributed by atoms with E-state index < -0.39 is 0 Å². The summed E-state index contributed by atoms with van der Waals surface area (Å²) in [6.45, 7) is 6.02. The van der Waals surface area contributed by atoms with Gasteiger partial charge in [-0.2, -0.15) is 0 Å². The van der Waals surface area contributed by atoms with Gasteiger partial charge in [-0.25, -0.2) is 0 Å². The summed E-state index contributed by atoms with van der Waals surface area (Å²) in [6.07, 6.45) is 33.0. The number of allylic oxidation sites excluding steroid dienone is 2. The molecule has 0 aromatic heterocycles. The molecule has 0 heterocycles. The van der Waals surface area contributed by atoms with Crippen LogP contribution < -0.4 is 0 Å². The van der Waals surface area contributed by atoms with E-state index in [2.05, 4.69) is 19.9 Å². The predicted molar refractivity (Wildman–Crippen MR) is 113 cm³/mol. The van der Waals surface area contributed by atoms with Crippen LogP contribution in [0.25, 0.3) is 0 Å². The van der Waals surface area contributed by atoms with E-state index in [1.807, 2.05) is 6.08 Å². The summed E-state index contributed by atoms with van der Waals surface area (Å²) in [6, 6.07) is 0. The van der Waals surface area contributed by atoms with Crippen LogP contribution in [-0.4, -0.2) is 0 Å². The highest BCUT2D eigenvalue weighted by Crippen LogP contribution is 2.14. The minimum Gasteiger partial charge on any atom is -0.0885 e. The lowest BCUT2D eigenvalue weighted by Crippen LogP contribution is -1.84. The van der Waals surface area contributed by atoms with Crippen LogP contribution in [0.5, 0.6) is 0 Å². The molecule has 0 unspecified atom stereocenters. The van der Waals surface area contributed by atoms with E-state index in [1.54, 1.807) is 0 Å². The molecular weight excluding hydrogens is 288 g/mol. The first-order valence-electron chi connectivity index (χ1n) is 11.4. The molecule has 0 atom stereocenters. The van der Waals surface area contributed by atoms with Crippen LogP contribution in [0.2, 0.25) is 0 Å². The van der Waals surface area contributed by atoms with E-state index in [0.717, 1.165) is 0 Å². The zero-order chi connectivity index (χ0) is 17.6. The largest absolute Gasteiger partial charge is 0.0885 e. The van der Waals surface area contributed by atoms with Gasteiger partial charge in [0.1, 0.15) is 0 Å². The highest BCUT2D eigenvalue weighted by atomic mass is 14.0. The smallest absolute Gasteiger partial charge is 0.0316 e. The van der Waals surface area contributed by atoms with Gasteiger partial charge in [-0.15, -0.1) is 0 Å². The number of unbranched alkanes of at least 4 members (excludes halogenated alkanes) is 19. The van der Waals surface area contributed by atoms with Gasteiger partial charge in [0.2, 0.25) is 0 Å². The van der Waals surface area contributed by atoms with Crippen molar-refractivity contribution < 1.29 is 0 Å². The minimum atomic E-state index is 1.22. The molecular formula is C24H47. The normalized spacial score (nSPS) is 11.6. The van der Waals surface area contributed by atoms with E-state index in [9.17, 15) is 0 Å². The first kappa shape index (κ1) is 23.7. The van der Waals surface area contributed by atoms with Gasteiger partial charge in [0, 0.05) is 0 Å². The third-order valence-corrected chi connectivity index (χ3v) is 5.14. The Bertz CT molecular complexity index is 228. The Labute approximate surface area is 154 Å². The van der Waals surface area contributed by atoms with Gasteiger partial charge < -0.3 is 0 Å². The fourth-order valence-corrected chi connectivity index (χ4v) is 3.46. The first-order valence-corrected chi connectivity index (χ1v) is 11.4. The van der Waals surface area contributed by atoms with Gasteiger partial charge in [0.15, 0.2) is 0 Å². The third kappa shape index (κ3) is 21.7. The molecule has 0 amide bonds. The van der Waals surface area contributed by atoms with Crippen molar-refractivity contribution in [2.45, 2.75) is 135 Å². The van der Waals surface area contributed by atoms with Crippen molar-refractivity contribution in [2.24, 2.45) is 0 Å². The second kappa shape index (κ2) is 22.7. The second-order valence-electron chi connectivity index (χ2n) is 7.62. The van der Waals surface area contributed by atoms with E-state index in [4.69, 9.17) is 0 Å². The van der Waals surface area contributed by atoms with Crippen LogP contribution in [-0.2, 0) is 0 Å². The fraction of sp³-hybridized carbons (Fsp3) is 0.875. The molecule has 0 aliphatic carbocycles. The van der Waals surface area contributed by atoms with Crippen molar-refractivity contribution in [1.29, 1.82) is 0 Å². The van der Waals surface area contributed by atoms with Crippen molar-refractivity contribution in [3.05, 3.63) is 19.1 Å². The third-order valence-electron chi connectivity index (χ3n) is 5.14. The van der Waals surface area contributed by atoms with Crippen LogP contribution in [0, 0.1) is 6.92 Å². The molecule has 0 aromatic carbocycles. The molecule has 0 aliphatic heterocycles. The average Bonchev–Trinajstić information content (AvgIpc) is 2.60. The van der Waals surface area contributed by atoms with E-state index in [1.165, 1.54) is 128 Å². The second-order valence-corrected chi connectivity index (χ2v) is 7.62. The lowest BCUT2D eigenvalue weighted by atomic mass is 10.0. The van der Waals surface area contributed by atoms with Gasteiger partial charge in [-0.3, -0.25) is 0 Å². The number of hydrogen-bond acceptors (Lipinski definition) is 0. The van der Waals surface area contributed by atoms with Crippen LogP contribution in [0.1, 0.15) is 135 Å². The highest BCUT2D eigenvalue weighted by molar-refractivity contribution is 4.83. The lowest BCUT2D eigenvalue weighted by molar-refractivity contribution is 0.523. The Hall–Kier alpha value is -0.260. The molecule has 0 fully saturated rings. The molecule has 0 aliphatic rings. The summed E-state index contributed by atoms with van der Waals surface area (Å²) < 4.78 is 0. The summed E-state index contributed by atoms with van der Waals surface area (Å²) >= 11 is 0. The zero-order valence-electron chi connectivity index (χ0n) is 17.0. The zero-order valence-corrected chi connectivity index (χ0v) is 17.0. The monoisotopic (exact) mass is 335 g/mol. The molecule has 0 saturated carbocycles. The van der Waals surface area contributed by atoms with Gasteiger partial charge in [0.25, 0.3) is 0 Å². The summed E-state index contributed by atoms with van der Waals surface area (Å²) in [4.78, 5) is 0. The molecule has 0 spiro atoms. The van der Waals surface area contributed by atoms with Crippen molar-refractivity contribution in [2.75, 3.05) is 0 Å². The van der Waals surface area contributed by atoms with Crippen LogP contribution in [0.3, 0.4) is 0 Å². The highest BCUT2D eigenvalue weighted by Gasteiger charge is 1.95. The summed E-state index contributed by atoms with van der Waals surface area (Å²) in [7, 11) is 0. The SMILES string of the molecule is [CH2]C=CCCCCCCCCCCCCCCCCCCCCC. The molecule has 0 nitrogen and oxygen atoms in total. The average molecular weight is 336 g/mol. The standard InChI is InChI=1S/C24H47/c1-3-5-7-9-11-13-15-17-19-21-23-24-22-20-18-16-14-12-10-8-6-4-2/h3,5H,1,4,6-24H2,2H3.